The summed E-state index contributed by atoms with van der Waals surface area (Å²) in [5, 5.41) is 0. The first kappa shape index (κ1) is 26.4. The Morgan fingerprint density at radius 3 is 2.41 bits per heavy atom. The molecule has 2 aromatic heterocycles. The first-order valence-corrected chi connectivity index (χ1v) is 14.2. The molecule has 41 heavy (non-hydrogen) atoms. The number of carbonyl (C=O) groups excluding carboxylic acids is 2. The Labute approximate surface area is 235 Å². The third kappa shape index (κ3) is 4.96. The molecule has 1 aliphatic rings. The number of aromatic nitrogens is 2. The van der Waals surface area contributed by atoms with Crippen LogP contribution in [-0.4, -0.2) is 47.7 Å². The summed E-state index contributed by atoms with van der Waals surface area (Å²) in [6.07, 6.45) is 2.80. The van der Waals surface area contributed by atoms with Gasteiger partial charge in [-0.1, -0.05) is 18.2 Å². The number of oxazole rings is 1. The zero-order chi connectivity index (χ0) is 28.6. The highest BCUT2D eigenvalue weighted by molar-refractivity contribution is 7.89. The number of benzene rings is 3. The van der Waals surface area contributed by atoms with Crippen LogP contribution in [0.5, 0.6) is 5.75 Å². The van der Waals surface area contributed by atoms with Crippen molar-refractivity contribution in [2.45, 2.75) is 23.9 Å². The van der Waals surface area contributed by atoms with Crippen LogP contribution in [0.2, 0.25) is 0 Å². The number of anilines is 1. The highest BCUT2D eigenvalue weighted by Gasteiger charge is 2.47. The van der Waals surface area contributed by atoms with Crippen molar-refractivity contribution in [1.29, 1.82) is 0 Å². The smallest absolute Gasteiger partial charge is 0.252 e. The normalized spacial score (nSPS) is 15.7. The van der Waals surface area contributed by atoms with E-state index in [4.69, 9.17) is 9.15 Å². The number of fused-ring (bicyclic) bond motifs is 1. The molecule has 11 heteroatoms. The summed E-state index contributed by atoms with van der Waals surface area (Å²) in [4.78, 5) is 36.5. The Morgan fingerprint density at radius 2 is 1.73 bits per heavy atom. The molecule has 0 N–H and O–H groups in total. The Morgan fingerprint density at radius 1 is 0.976 bits per heavy atom. The molecule has 1 atom stereocenters. The molecular formula is C30H24N4O6S. The van der Waals surface area contributed by atoms with Crippen LogP contribution < -0.4 is 9.64 Å². The number of methoxy groups -OCH3 is 1. The van der Waals surface area contributed by atoms with Gasteiger partial charge in [-0.3, -0.25) is 14.6 Å². The van der Waals surface area contributed by atoms with Crippen LogP contribution in [0.25, 0.3) is 22.6 Å². The quantitative estimate of drug-likeness (QED) is 0.252. The summed E-state index contributed by atoms with van der Waals surface area (Å²) in [6, 6.07) is 22.1. The number of ether oxygens (including phenoxy) is 1. The fraction of sp³-hybridized carbons (Fsp3) is 0.133. The number of carbonyl (C=O) groups is 2. The predicted octanol–water partition coefficient (Wildman–Crippen LogP) is 4.42. The summed E-state index contributed by atoms with van der Waals surface area (Å²) in [7, 11) is -2.71. The fourth-order valence-corrected chi connectivity index (χ4v) is 6.35. The SMILES string of the molecule is COc1ccc(S(=O)(=O)N(Cc2cccnc2)C2CC(=O)N(c3ccc(-c4nc5ccccc5o4)cc3)C2=O)cc1. The van der Waals surface area contributed by atoms with Gasteiger partial charge in [0, 0.05) is 24.5 Å². The average Bonchev–Trinajstić information content (AvgIpc) is 3.56. The molecule has 1 aliphatic heterocycles. The van der Waals surface area contributed by atoms with E-state index in [9.17, 15) is 18.0 Å². The molecule has 0 saturated carbocycles. The molecule has 1 fully saturated rings. The van der Waals surface area contributed by atoms with Gasteiger partial charge < -0.3 is 9.15 Å². The van der Waals surface area contributed by atoms with Crippen molar-refractivity contribution in [3.63, 3.8) is 0 Å². The Balaban J connectivity index is 1.31. The number of amides is 2. The Kier molecular flexibility index (Phi) is 6.82. The number of imide groups is 1. The highest BCUT2D eigenvalue weighted by atomic mass is 32.2. The topological polar surface area (TPSA) is 123 Å². The second-order valence-electron chi connectivity index (χ2n) is 9.41. The number of sulfonamides is 1. The van der Waals surface area contributed by atoms with Gasteiger partial charge in [0.25, 0.3) is 5.91 Å². The summed E-state index contributed by atoms with van der Waals surface area (Å²) in [5.41, 5.74) is 2.93. The monoisotopic (exact) mass is 568 g/mol. The third-order valence-corrected chi connectivity index (χ3v) is 8.73. The van der Waals surface area contributed by atoms with Crippen molar-refractivity contribution in [3.8, 4) is 17.2 Å². The fourth-order valence-electron chi connectivity index (χ4n) is 4.78. The van der Waals surface area contributed by atoms with Crippen LogP contribution in [0.15, 0.2) is 107 Å². The maximum absolute atomic E-state index is 13.9. The second-order valence-corrected chi connectivity index (χ2v) is 11.3. The molecule has 0 spiro atoms. The lowest BCUT2D eigenvalue weighted by Gasteiger charge is -2.27. The summed E-state index contributed by atoms with van der Waals surface area (Å²) < 4.78 is 39.8. The molecule has 1 unspecified atom stereocenters. The number of hydrogen-bond donors (Lipinski definition) is 0. The van der Waals surface area contributed by atoms with E-state index in [0.717, 1.165) is 9.21 Å². The molecule has 206 valence electrons. The lowest BCUT2D eigenvalue weighted by molar-refractivity contribution is -0.122. The summed E-state index contributed by atoms with van der Waals surface area (Å²) in [6.45, 7) is -0.142. The second kappa shape index (κ2) is 10.6. The van der Waals surface area contributed by atoms with Gasteiger partial charge in [-0.25, -0.2) is 18.3 Å². The average molecular weight is 569 g/mol. The predicted molar refractivity (Wildman–Crippen MR) is 150 cm³/mol. The standard InChI is InChI=1S/C30H24N4O6S/c1-39-23-12-14-24(15-13-23)41(37,38)33(19-20-5-4-16-31-18-20)26-17-28(35)34(30(26)36)22-10-8-21(9-11-22)29-32-25-6-2-3-7-27(25)40-29/h2-16,18,26H,17,19H2,1H3. The molecule has 3 heterocycles. The van der Waals surface area contributed by atoms with E-state index in [2.05, 4.69) is 9.97 Å². The van der Waals surface area contributed by atoms with Crippen LogP contribution >= 0.6 is 0 Å². The van der Waals surface area contributed by atoms with E-state index in [1.807, 2.05) is 24.3 Å². The van der Waals surface area contributed by atoms with Crippen LogP contribution in [0, 0.1) is 0 Å². The van der Waals surface area contributed by atoms with Crippen molar-refractivity contribution in [2.75, 3.05) is 12.0 Å². The minimum atomic E-state index is -4.20. The molecule has 0 bridgehead atoms. The van der Waals surface area contributed by atoms with Crippen LogP contribution in [0.3, 0.4) is 0 Å². The van der Waals surface area contributed by atoms with Crippen molar-refractivity contribution in [2.24, 2.45) is 0 Å². The third-order valence-electron chi connectivity index (χ3n) is 6.86. The van der Waals surface area contributed by atoms with Gasteiger partial charge in [0.15, 0.2) is 5.58 Å². The van der Waals surface area contributed by atoms with Gasteiger partial charge in [-0.15, -0.1) is 0 Å². The van der Waals surface area contributed by atoms with Gasteiger partial charge in [-0.05, 0) is 72.3 Å². The Hall–Kier alpha value is -4.87. The molecule has 10 nitrogen and oxygen atoms in total. The lowest BCUT2D eigenvalue weighted by atomic mass is 10.2. The lowest BCUT2D eigenvalue weighted by Crippen LogP contribution is -2.45. The van der Waals surface area contributed by atoms with Crippen LogP contribution in [0.1, 0.15) is 12.0 Å². The minimum Gasteiger partial charge on any atom is -0.497 e. The molecule has 1 saturated heterocycles. The first-order chi connectivity index (χ1) is 19.8. The number of para-hydroxylation sites is 2. The first-order valence-electron chi connectivity index (χ1n) is 12.7. The number of pyridine rings is 1. The molecule has 2 amide bonds. The van der Waals surface area contributed by atoms with E-state index in [-0.39, 0.29) is 17.9 Å². The minimum absolute atomic E-state index is 0.0245. The van der Waals surface area contributed by atoms with Crippen molar-refractivity contribution < 1.29 is 27.2 Å². The summed E-state index contributed by atoms with van der Waals surface area (Å²) in [5.74, 6) is -0.244. The van der Waals surface area contributed by atoms with Gasteiger partial charge >= 0.3 is 0 Å². The molecule has 0 aliphatic carbocycles. The highest BCUT2D eigenvalue weighted by Crippen LogP contribution is 2.32. The van der Waals surface area contributed by atoms with E-state index in [1.54, 1.807) is 42.6 Å². The zero-order valence-corrected chi connectivity index (χ0v) is 22.7. The molecule has 5 aromatic rings. The van der Waals surface area contributed by atoms with Gasteiger partial charge in [0.05, 0.1) is 24.1 Å². The molecule has 0 radical (unpaired) electrons. The van der Waals surface area contributed by atoms with Crippen LogP contribution in [0.4, 0.5) is 5.69 Å². The van der Waals surface area contributed by atoms with Crippen molar-refractivity contribution in [1.82, 2.24) is 14.3 Å². The van der Waals surface area contributed by atoms with Crippen molar-refractivity contribution >= 4 is 38.6 Å². The van der Waals surface area contributed by atoms with Gasteiger partial charge in [-0.2, -0.15) is 4.31 Å². The van der Waals surface area contributed by atoms with E-state index < -0.39 is 27.9 Å². The maximum Gasteiger partial charge on any atom is 0.252 e. The van der Waals surface area contributed by atoms with Gasteiger partial charge in [0.1, 0.15) is 17.3 Å². The molecule has 6 rings (SSSR count). The summed E-state index contributed by atoms with van der Waals surface area (Å²) >= 11 is 0. The van der Waals surface area contributed by atoms with Crippen LogP contribution in [-0.2, 0) is 26.2 Å². The number of nitrogens with zero attached hydrogens (tertiary/aromatic N) is 4. The number of hydrogen-bond acceptors (Lipinski definition) is 8. The van der Waals surface area contributed by atoms with Crippen molar-refractivity contribution in [3.05, 3.63) is 103 Å². The van der Waals surface area contributed by atoms with Gasteiger partial charge in [0.2, 0.25) is 21.8 Å². The zero-order valence-electron chi connectivity index (χ0n) is 21.9. The molecular weight excluding hydrogens is 544 g/mol. The van der Waals surface area contributed by atoms with E-state index >= 15 is 0 Å². The van der Waals surface area contributed by atoms with E-state index in [1.165, 1.54) is 37.6 Å². The van der Waals surface area contributed by atoms with E-state index in [0.29, 0.717) is 39.6 Å². The maximum atomic E-state index is 13.9. The largest absolute Gasteiger partial charge is 0.497 e. The number of rotatable bonds is 8. The molecule has 3 aromatic carbocycles. The Bertz CT molecular complexity index is 1810.